The van der Waals surface area contributed by atoms with Crippen LogP contribution in [0.15, 0.2) is 158 Å². The third kappa shape index (κ3) is 4.57. The van der Waals surface area contributed by atoms with Crippen LogP contribution in [-0.2, 0) is 5.41 Å². The quantitative estimate of drug-likeness (QED) is 0.174. The molecule has 53 heavy (non-hydrogen) atoms. The van der Waals surface area contributed by atoms with E-state index in [4.69, 9.17) is 16.5 Å². The molecule has 0 amide bonds. The molecule has 4 heterocycles. The van der Waals surface area contributed by atoms with Gasteiger partial charge in [0.15, 0.2) is 0 Å². The molecule has 0 saturated carbocycles. The minimum Gasteiger partial charge on any atom is -0.361 e. The molecule has 0 saturated heterocycles. The first kappa shape index (κ1) is 30.3. The highest BCUT2D eigenvalue weighted by atomic mass is 14.9. The molecule has 0 N–H and O–H groups in total. The van der Waals surface area contributed by atoms with Crippen LogP contribution in [0.4, 0.5) is 5.82 Å². The molecule has 0 bridgehead atoms. The topological polar surface area (TPSA) is 79.7 Å². The molecule has 2 aliphatic rings. The Morgan fingerprint density at radius 3 is 1.47 bits per heavy atom. The standard InChI is InChI=1S/C47H26N6/c1-49-46-27-32(21-23-51-46)45-15-7-13-43(53-45)30-17-19-41-37(26-30)36-25-29(42-12-6-14-44(52-42)31-20-22-50-33(24-31)28-48)16-18-40(36)47(41)38-10-4-2-8-34(38)35-9-3-5-11-39(35)47/h2-27H. The van der Waals surface area contributed by atoms with Gasteiger partial charge in [-0.1, -0.05) is 91.5 Å². The predicted molar refractivity (Wildman–Crippen MR) is 207 cm³/mol. The first-order chi connectivity index (χ1) is 26.1. The van der Waals surface area contributed by atoms with E-state index in [9.17, 15) is 5.26 Å². The summed E-state index contributed by atoms with van der Waals surface area (Å²) in [4.78, 5) is 22.0. The summed E-state index contributed by atoms with van der Waals surface area (Å²) in [6.07, 6.45) is 3.30. The van der Waals surface area contributed by atoms with Crippen LogP contribution in [0.25, 0.3) is 72.1 Å². The Morgan fingerprint density at radius 1 is 0.472 bits per heavy atom. The summed E-state index contributed by atoms with van der Waals surface area (Å²) in [5.41, 5.74) is 16.7. The minimum atomic E-state index is -0.489. The van der Waals surface area contributed by atoms with Crippen LogP contribution in [0.1, 0.15) is 27.9 Å². The van der Waals surface area contributed by atoms with Crippen LogP contribution < -0.4 is 0 Å². The van der Waals surface area contributed by atoms with E-state index in [2.05, 4.69) is 106 Å². The van der Waals surface area contributed by atoms with E-state index in [1.54, 1.807) is 24.5 Å². The second-order valence-electron chi connectivity index (χ2n) is 13.2. The number of aromatic nitrogens is 4. The summed E-state index contributed by atoms with van der Waals surface area (Å²) in [5.74, 6) is 0.342. The Hall–Kier alpha value is -7.54. The molecule has 1 spiro atoms. The van der Waals surface area contributed by atoms with E-state index in [-0.39, 0.29) is 0 Å². The fraction of sp³-hybridized carbons (Fsp3) is 0.0213. The predicted octanol–water partition coefficient (Wildman–Crippen LogP) is 10.7. The van der Waals surface area contributed by atoms with E-state index in [1.165, 1.54) is 33.4 Å². The molecular weight excluding hydrogens is 649 g/mol. The average molecular weight is 675 g/mol. The summed E-state index contributed by atoms with van der Waals surface area (Å²) in [5, 5.41) is 9.45. The highest BCUT2D eigenvalue weighted by Gasteiger charge is 2.51. The summed E-state index contributed by atoms with van der Waals surface area (Å²) >= 11 is 0. The Kier molecular flexibility index (Phi) is 6.73. The number of hydrogen-bond donors (Lipinski definition) is 0. The van der Waals surface area contributed by atoms with Crippen LogP contribution in [0, 0.1) is 17.9 Å². The van der Waals surface area contributed by atoms with Crippen molar-refractivity contribution in [2.24, 2.45) is 0 Å². The summed E-state index contributed by atoms with van der Waals surface area (Å²) in [7, 11) is 0. The van der Waals surface area contributed by atoms with Gasteiger partial charge in [-0.05, 0) is 111 Å². The van der Waals surface area contributed by atoms with E-state index < -0.39 is 5.41 Å². The van der Waals surface area contributed by atoms with E-state index in [0.717, 1.165) is 56.2 Å². The van der Waals surface area contributed by atoms with Crippen molar-refractivity contribution in [3.05, 3.63) is 197 Å². The Morgan fingerprint density at radius 2 is 0.943 bits per heavy atom. The molecule has 6 heteroatoms. The third-order valence-electron chi connectivity index (χ3n) is 10.5. The second kappa shape index (κ2) is 11.8. The van der Waals surface area contributed by atoms with Gasteiger partial charge in [-0.25, -0.2) is 15.0 Å². The molecule has 0 fully saturated rings. The molecule has 0 radical (unpaired) electrons. The lowest BCUT2D eigenvalue weighted by Crippen LogP contribution is -2.25. The maximum atomic E-state index is 9.45. The highest BCUT2D eigenvalue weighted by molar-refractivity contribution is 5.97. The van der Waals surface area contributed by atoms with Gasteiger partial charge in [0.2, 0.25) is 0 Å². The molecule has 8 aromatic rings. The lowest BCUT2D eigenvalue weighted by atomic mass is 9.70. The largest absolute Gasteiger partial charge is 0.361 e. The van der Waals surface area contributed by atoms with Crippen LogP contribution in [0.2, 0.25) is 0 Å². The Labute approximate surface area is 306 Å². The fourth-order valence-electron chi connectivity index (χ4n) is 8.27. The van der Waals surface area contributed by atoms with Crippen molar-refractivity contribution in [1.82, 2.24) is 19.9 Å². The van der Waals surface area contributed by atoms with Crippen molar-refractivity contribution in [3.63, 3.8) is 0 Å². The van der Waals surface area contributed by atoms with Crippen molar-refractivity contribution < 1.29 is 0 Å². The molecule has 4 aromatic carbocycles. The van der Waals surface area contributed by atoms with Gasteiger partial charge >= 0.3 is 0 Å². The lowest BCUT2D eigenvalue weighted by Gasteiger charge is -2.30. The molecule has 244 valence electrons. The molecule has 4 aromatic heterocycles. The van der Waals surface area contributed by atoms with Gasteiger partial charge in [0, 0.05) is 22.9 Å². The lowest BCUT2D eigenvalue weighted by molar-refractivity contribution is 0.794. The summed E-state index contributed by atoms with van der Waals surface area (Å²) < 4.78 is 0. The van der Waals surface area contributed by atoms with Gasteiger partial charge in [-0.3, -0.25) is 0 Å². The zero-order valence-electron chi connectivity index (χ0n) is 28.2. The second-order valence-corrected chi connectivity index (χ2v) is 13.2. The van der Waals surface area contributed by atoms with Gasteiger partial charge in [0.25, 0.3) is 5.82 Å². The van der Waals surface area contributed by atoms with Crippen LogP contribution in [0.5, 0.6) is 0 Å². The summed E-state index contributed by atoms with van der Waals surface area (Å²) in [6, 6.07) is 52.6. The van der Waals surface area contributed by atoms with Gasteiger partial charge < -0.3 is 4.85 Å². The number of nitriles is 1. The number of nitrogens with zero attached hydrogens (tertiary/aromatic N) is 6. The van der Waals surface area contributed by atoms with Crippen molar-refractivity contribution in [2.75, 3.05) is 0 Å². The van der Waals surface area contributed by atoms with Crippen LogP contribution in [0.3, 0.4) is 0 Å². The molecule has 10 rings (SSSR count). The molecule has 0 atom stereocenters. The number of hydrogen-bond acceptors (Lipinski definition) is 5. The SMILES string of the molecule is [C-]#[N+]c1cc(-c2cccc(-c3ccc4c(c3)-c3cc(-c5cccc(-c6ccnc(C#N)c6)n5)ccc3C43c4ccccc4-c4ccccc43)n2)ccn1. The number of benzene rings is 4. The zero-order chi connectivity index (χ0) is 35.5. The third-order valence-corrected chi connectivity index (χ3v) is 10.5. The fourth-order valence-corrected chi connectivity index (χ4v) is 8.27. The molecule has 0 unspecified atom stereocenters. The smallest absolute Gasteiger partial charge is 0.270 e. The normalized spacial score (nSPS) is 12.6. The van der Waals surface area contributed by atoms with Gasteiger partial charge in [0.05, 0.1) is 28.2 Å². The van der Waals surface area contributed by atoms with Gasteiger partial charge in [0.1, 0.15) is 18.0 Å². The van der Waals surface area contributed by atoms with Crippen molar-refractivity contribution in [1.29, 1.82) is 5.26 Å². The number of rotatable bonds is 4. The first-order valence-corrected chi connectivity index (χ1v) is 17.3. The van der Waals surface area contributed by atoms with E-state index >= 15 is 0 Å². The maximum absolute atomic E-state index is 9.45. The number of fused-ring (bicyclic) bond motifs is 10. The van der Waals surface area contributed by atoms with Crippen LogP contribution in [-0.4, -0.2) is 19.9 Å². The van der Waals surface area contributed by atoms with E-state index in [0.29, 0.717) is 11.5 Å². The molecule has 6 nitrogen and oxygen atoms in total. The zero-order valence-corrected chi connectivity index (χ0v) is 28.2. The summed E-state index contributed by atoms with van der Waals surface area (Å²) in [6.45, 7) is 7.43. The van der Waals surface area contributed by atoms with E-state index in [1.807, 2.05) is 48.5 Å². The molecule has 0 aliphatic heterocycles. The van der Waals surface area contributed by atoms with Crippen molar-refractivity contribution in [2.45, 2.75) is 5.41 Å². The van der Waals surface area contributed by atoms with Gasteiger partial charge in [-0.15, -0.1) is 4.98 Å². The highest BCUT2D eigenvalue weighted by Crippen LogP contribution is 2.63. The molecular formula is C47H26N6. The number of pyridine rings is 4. The average Bonchev–Trinajstić information content (AvgIpc) is 3.70. The van der Waals surface area contributed by atoms with Crippen molar-refractivity contribution >= 4 is 5.82 Å². The first-order valence-electron chi connectivity index (χ1n) is 17.3. The Bertz CT molecular complexity index is 2700. The maximum Gasteiger partial charge on any atom is 0.270 e. The minimum absolute atomic E-state index is 0.342. The van der Waals surface area contributed by atoms with Gasteiger partial charge in [-0.2, -0.15) is 5.26 Å². The van der Waals surface area contributed by atoms with Crippen LogP contribution >= 0.6 is 0 Å². The van der Waals surface area contributed by atoms with Crippen molar-refractivity contribution in [3.8, 4) is 73.4 Å². The molecule has 2 aliphatic carbocycles. The monoisotopic (exact) mass is 674 g/mol. The Balaban J connectivity index is 1.18.